The molecule has 0 saturated carbocycles. The van der Waals surface area contributed by atoms with Crippen molar-refractivity contribution in [2.24, 2.45) is 11.7 Å². The maximum Gasteiger partial charge on any atom is 0.308 e. The molecular weight excluding hydrogens is 172 g/mol. The minimum atomic E-state index is -0.867. The number of hydroxylamine groups is 1. The van der Waals surface area contributed by atoms with E-state index in [0.29, 0.717) is 5.76 Å². The zero-order valence-electron chi connectivity index (χ0n) is 7.70. The largest absolute Gasteiger partial charge is 0.481 e. The lowest BCUT2D eigenvalue weighted by Crippen LogP contribution is -2.45. The average Bonchev–Trinajstić information content (AvgIpc) is 2.47. The average molecular weight is 186 g/mol. The molecule has 0 fully saturated rings. The molecule has 0 aromatic rings. The summed E-state index contributed by atoms with van der Waals surface area (Å²) in [6.45, 7) is 3.65. The predicted octanol–water partition coefficient (Wildman–Crippen LogP) is -0.157. The van der Waals surface area contributed by atoms with E-state index in [0.717, 1.165) is 0 Å². The van der Waals surface area contributed by atoms with E-state index in [2.05, 4.69) is 5.48 Å². The second-order valence-electron chi connectivity index (χ2n) is 3.36. The van der Waals surface area contributed by atoms with Crippen molar-refractivity contribution < 1.29 is 14.7 Å². The Morgan fingerprint density at radius 2 is 2.54 bits per heavy atom. The molecule has 74 valence electrons. The topological polar surface area (TPSA) is 84.6 Å². The molecule has 5 nitrogen and oxygen atoms in total. The van der Waals surface area contributed by atoms with Gasteiger partial charge in [-0.05, 0) is 19.9 Å². The van der Waals surface area contributed by atoms with Gasteiger partial charge in [-0.15, -0.1) is 5.48 Å². The van der Waals surface area contributed by atoms with Crippen LogP contribution >= 0.6 is 0 Å². The Morgan fingerprint density at radius 1 is 1.92 bits per heavy atom. The minimum Gasteiger partial charge on any atom is -0.481 e. The number of carbonyl (C=O) groups is 1. The van der Waals surface area contributed by atoms with Gasteiger partial charge in [0.05, 0.1) is 18.0 Å². The van der Waals surface area contributed by atoms with Crippen LogP contribution in [0.25, 0.3) is 0 Å². The summed E-state index contributed by atoms with van der Waals surface area (Å²) < 4.78 is 0. The zero-order chi connectivity index (χ0) is 10.1. The molecule has 13 heavy (non-hydrogen) atoms. The van der Waals surface area contributed by atoms with Crippen LogP contribution in [-0.2, 0) is 9.63 Å². The molecule has 1 aliphatic heterocycles. The molecule has 1 heterocycles. The van der Waals surface area contributed by atoms with Crippen molar-refractivity contribution in [1.29, 1.82) is 0 Å². The number of carboxylic acid groups (broad SMARTS) is 1. The lowest BCUT2D eigenvalue weighted by molar-refractivity contribution is -0.144. The van der Waals surface area contributed by atoms with Gasteiger partial charge in [0.2, 0.25) is 0 Å². The third kappa shape index (κ3) is 1.81. The number of rotatable bonds is 3. The first-order chi connectivity index (χ1) is 5.99. The van der Waals surface area contributed by atoms with Crippen molar-refractivity contribution in [3.63, 3.8) is 0 Å². The lowest BCUT2D eigenvalue weighted by Gasteiger charge is -2.24. The Hall–Kier alpha value is -1.07. The number of nitrogens with two attached hydrogens (primary N) is 1. The fourth-order valence-electron chi connectivity index (χ4n) is 1.14. The maximum atomic E-state index is 10.7. The highest BCUT2D eigenvalue weighted by molar-refractivity contribution is 5.72. The smallest absolute Gasteiger partial charge is 0.308 e. The Kier molecular flexibility index (Phi) is 2.58. The molecule has 0 aliphatic carbocycles. The van der Waals surface area contributed by atoms with E-state index in [4.69, 9.17) is 15.7 Å². The summed E-state index contributed by atoms with van der Waals surface area (Å²) in [5, 5.41) is 8.81. The van der Waals surface area contributed by atoms with Gasteiger partial charge >= 0.3 is 5.97 Å². The number of hydrogen-bond acceptors (Lipinski definition) is 4. The predicted molar refractivity (Wildman–Crippen MR) is 46.6 cm³/mol. The highest BCUT2D eigenvalue weighted by atomic mass is 16.7. The van der Waals surface area contributed by atoms with Crippen molar-refractivity contribution in [1.82, 2.24) is 5.48 Å². The van der Waals surface area contributed by atoms with Crippen LogP contribution in [0.1, 0.15) is 13.8 Å². The second kappa shape index (κ2) is 3.35. The van der Waals surface area contributed by atoms with Crippen LogP contribution < -0.4 is 11.2 Å². The van der Waals surface area contributed by atoms with E-state index in [1.807, 2.05) is 0 Å². The van der Waals surface area contributed by atoms with Crippen molar-refractivity contribution in [2.75, 3.05) is 6.54 Å². The molecular formula is C8H14N2O3. The Balaban J connectivity index is 2.79. The first kappa shape index (κ1) is 10.0. The first-order valence-electron chi connectivity index (χ1n) is 4.08. The van der Waals surface area contributed by atoms with Gasteiger partial charge < -0.3 is 15.7 Å². The van der Waals surface area contributed by atoms with Gasteiger partial charge in [0.1, 0.15) is 5.76 Å². The van der Waals surface area contributed by atoms with Gasteiger partial charge in [-0.25, -0.2) is 0 Å². The maximum absolute atomic E-state index is 10.7. The molecule has 1 aliphatic rings. The van der Waals surface area contributed by atoms with Crippen LogP contribution in [-0.4, -0.2) is 23.2 Å². The molecule has 0 spiro atoms. The number of aliphatic carboxylic acids is 1. The quantitative estimate of drug-likeness (QED) is 0.570. The van der Waals surface area contributed by atoms with Gasteiger partial charge in [-0.1, -0.05) is 0 Å². The summed E-state index contributed by atoms with van der Waals surface area (Å²) in [4.78, 5) is 15.7. The highest BCUT2D eigenvalue weighted by Gasteiger charge is 2.39. The van der Waals surface area contributed by atoms with Gasteiger partial charge in [0.15, 0.2) is 0 Å². The third-order valence-electron chi connectivity index (χ3n) is 2.33. The van der Waals surface area contributed by atoms with Crippen LogP contribution in [0.3, 0.4) is 0 Å². The van der Waals surface area contributed by atoms with E-state index in [1.165, 1.54) is 0 Å². The van der Waals surface area contributed by atoms with Gasteiger partial charge in [-0.2, -0.15) is 0 Å². The Bertz CT molecular complexity index is 252. The number of carboxylic acids is 1. The highest BCUT2D eigenvalue weighted by Crippen LogP contribution is 2.25. The van der Waals surface area contributed by atoms with E-state index in [-0.39, 0.29) is 6.54 Å². The Morgan fingerprint density at radius 3 is 2.92 bits per heavy atom. The minimum absolute atomic E-state index is 0.273. The Labute approximate surface area is 76.5 Å². The number of hydrogen-bond donors (Lipinski definition) is 3. The normalized spacial score (nSPS) is 29.3. The zero-order valence-corrected chi connectivity index (χ0v) is 7.70. The summed E-state index contributed by atoms with van der Waals surface area (Å²) in [5.41, 5.74) is 7.35. The fraction of sp³-hybridized carbons (Fsp3) is 0.625. The molecule has 2 atom stereocenters. The molecule has 0 bridgehead atoms. The molecule has 5 heteroatoms. The van der Waals surface area contributed by atoms with Gasteiger partial charge in [-0.3, -0.25) is 4.79 Å². The van der Waals surface area contributed by atoms with Crippen LogP contribution in [0, 0.1) is 5.92 Å². The molecule has 0 aromatic carbocycles. The summed E-state index contributed by atoms with van der Waals surface area (Å²) in [6, 6.07) is 0. The molecule has 1 rings (SSSR count). The van der Waals surface area contributed by atoms with Crippen LogP contribution in [0.4, 0.5) is 0 Å². The lowest BCUT2D eigenvalue weighted by atomic mass is 9.88. The molecule has 4 N–H and O–H groups in total. The monoisotopic (exact) mass is 186 g/mol. The van der Waals surface area contributed by atoms with E-state index in [9.17, 15) is 4.79 Å². The van der Waals surface area contributed by atoms with Crippen molar-refractivity contribution in [2.45, 2.75) is 19.4 Å². The summed E-state index contributed by atoms with van der Waals surface area (Å²) in [6.07, 6.45) is 1.71. The van der Waals surface area contributed by atoms with Crippen LogP contribution in [0.5, 0.6) is 0 Å². The molecule has 0 aromatic heterocycles. The first-order valence-corrected chi connectivity index (χ1v) is 4.08. The van der Waals surface area contributed by atoms with E-state index in [1.54, 1.807) is 19.9 Å². The fourth-order valence-corrected chi connectivity index (χ4v) is 1.14. The van der Waals surface area contributed by atoms with Gasteiger partial charge in [0, 0.05) is 0 Å². The standard InChI is InChI=1S/C8H14N2O3/c1-5(7(11)12)8(2)3-6(4-9)13-10-8/h3,5,10H,4,9H2,1-2H3,(H,11,12). The van der Waals surface area contributed by atoms with Crippen LogP contribution in [0.2, 0.25) is 0 Å². The van der Waals surface area contributed by atoms with Crippen molar-refractivity contribution in [3.05, 3.63) is 11.8 Å². The molecule has 0 saturated heterocycles. The second-order valence-corrected chi connectivity index (χ2v) is 3.36. The van der Waals surface area contributed by atoms with Crippen molar-refractivity contribution >= 4 is 5.97 Å². The molecule has 0 amide bonds. The molecule has 0 radical (unpaired) electrons. The summed E-state index contributed by atoms with van der Waals surface area (Å²) >= 11 is 0. The third-order valence-corrected chi connectivity index (χ3v) is 2.33. The van der Waals surface area contributed by atoms with E-state index >= 15 is 0 Å². The van der Waals surface area contributed by atoms with Crippen molar-refractivity contribution in [3.8, 4) is 0 Å². The SMILES string of the molecule is CC(C(=O)O)C1(C)C=C(CN)ON1. The summed E-state index contributed by atoms with van der Waals surface area (Å²) in [5.74, 6) is -0.847. The molecule has 2 unspecified atom stereocenters. The van der Waals surface area contributed by atoms with Gasteiger partial charge in [0.25, 0.3) is 0 Å². The van der Waals surface area contributed by atoms with Crippen LogP contribution in [0.15, 0.2) is 11.8 Å². The number of nitrogens with one attached hydrogen (secondary N) is 1. The van der Waals surface area contributed by atoms with E-state index < -0.39 is 17.4 Å². The summed E-state index contributed by atoms with van der Waals surface area (Å²) in [7, 11) is 0.